The average molecular weight is 541 g/mol. The Morgan fingerprint density at radius 3 is 1.76 bits per heavy atom. The molecule has 0 bridgehead atoms. The van der Waals surface area contributed by atoms with Crippen molar-refractivity contribution in [3.05, 3.63) is 144 Å². The molecule has 0 fully saturated rings. The van der Waals surface area contributed by atoms with Gasteiger partial charge in [0.25, 0.3) is 0 Å². The Balaban J connectivity index is 1.27. The molecule has 0 saturated heterocycles. The maximum absolute atomic E-state index is 2.60. The van der Waals surface area contributed by atoms with E-state index in [0.29, 0.717) is 5.92 Å². The van der Waals surface area contributed by atoms with Crippen molar-refractivity contribution in [3.8, 4) is 11.1 Å². The number of fused-ring (bicyclic) bond motifs is 3. The van der Waals surface area contributed by atoms with Crippen LogP contribution in [0.25, 0.3) is 54.6 Å². The number of rotatable bonds is 4. The van der Waals surface area contributed by atoms with Gasteiger partial charge in [-0.15, -0.1) is 0 Å². The first-order valence-corrected chi connectivity index (χ1v) is 15.8. The zero-order valence-electron chi connectivity index (χ0n) is 24.2. The molecular formula is C42H36. The predicted octanol–water partition coefficient (Wildman–Crippen LogP) is 12.1. The minimum absolute atomic E-state index is 0.398. The van der Waals surface area contributed by atoms with Crippen LogP contribution in [-0.2, 0) is 0 Å². The van der Waals surface area contributed by atoms with Crippen molar-refractivity contribution in [2.45, 2.75) is 50.9 Å². The maximum atomic E-state index is 2.60. The summed E-state index contributed by atoms with van der Waals surface area (Å²) in [5, 5.41) is 8.06. The van der Waals surface area contributed by atoms with Crippen LogP contribution in [-0.4, -0.2) is 0 Å². The Morgan fingerprint density at radius 1 is 0.476 bits per heavy atom. The van der Waals surface area contributed by atoms with Crippen molar-refractivity contribution in [3.63, 3.8) is 0 Å². The summed E-state index contributed by atoms with van der Waals surface area (Å²) in [4.78, 5) is 0. The lowest BCUT2D eigenvalue weighted by Crippen LogP contribution is -2.05. The molecule has 0 amide bonds. The normalized spacial score (nSPS) is 17.4. The fourth-order valence-corrected chi connectivity index (χ4v) is 7.61. The summed E-state index contributed by atoms with van der Waals surface area (Å²) in [7, 11) is 0. The second kappa shape index (κ2) is 10.8. The van der Waals surface area contributed by atoms with Crippen molar-refractivity contribution in [2.75, 3.05) is 0 Å². The van der Waals surface area contributed by atoms with Crippen LogP contribution in [0, 0.1) is 0 Å². The predicted molar refractivity (Wildman–Crippen MR) is 182 cm³/mol. The van der Waals surface area contributed by atoms with Gasteiger partial charge >= 0.3 is 0 Å². The lowest BCUT2D eigenvalue weighted by molar-refractivity contribution is 0.670. The first-order chi connectivity index (χ1) is 20.8. The molecule has 0 nitrogen and oxygen atoms in total. The van der Waals surface area contributed by atoms with Crippen LogP contribution in [0.4, 0.5) is 0 Å². The molecular weight excluding hydrogens is 504 g/mol. The zero-order chi connectivity index (χ0) is 27.9. The van der Waals surface area contributed by atoms with E-state index in [1.807, 2.05) is 0 Å². The van der Waals surface area contributed by atoms with Crippen LogP contribution in [0.2, 0.25) is 0 Å². The summed E-state index contributed by atoms with van der Waals surface area (Å²) in [5.41, 5.74) is 9.97. The topological polar surface area (TPSA) is 0 Å². The highest BCUT2D eigenvalue weighted by Gasteiger charge is 2.23. The van der Waals surface area contributed by atoms with E-state index >= 15 is 0 Å². The maximum Gasteiger partial charge on any atom is 0.00364 e. The van der Waals surface area contributed by atoms with Gasteiger partial charge in [0.05, 0.1) is 0 Å². The summed E-state index contributed by atoms with van der Waals surface area (Å²) in [6.07, 6.45) is 13.7. The fourth-order valence-electron chi connectivity index (χ4n) is 7.61. The zero-order valence-corrected chi connectivity index (χ0v) is 24.2. The summed E-state index contributed by atoms with van der Waals surface area (Å²) in [6.45, 7) is 0. The van der Waals surface area contributed by atoms with E-state index in [4.69, 9.17) is 0 Å². The van der Waals surface area contributed by atoms with Crippen LogP contribution >= 0.6 is 0 Å². The average Bonchev–Trinajstić information content (AvgIpc) is 3.07. The van der Waals surface area contributed by atoms with Gasteiger partial charge in [-0.2, -0.15) is 0 Å². The van der Waals surface area contributed by atoms with E-state index in [2.05, 4.69) is 127 Å². The molecule has 1 unspecified atom stereocenters. The third-order valence-electron chi connectivity index (χ3n) is 9.66. The third-order valence-corrected chi connectivity index (χ3v) is 9.66. The molecule has 2 aliphatic carbocycles. The van der Waals surface area contributed by atoms with Gasteiger partial charge < -0.3 is 0 Å². The molecule has 42 heavy (non-hydrogen) atoms. The molecule has 0 saturated carbocycles. The number of hydrogen-bond donors (Lipinski definition) is 0. The monoisotopic (exact) mass is 540 g/mol. The minimum Gasteiger partial charge on any atom is -0.0807 e. The molecule has 204 valence electrons. The Kier molecular flexibility index (Phi) is 6.49. The second-order valence-electron chi connectivity index (χ2n) is 12.2. The van der Waals surface area contributed by atoms with E-state index in [0.717, 1.165) is 6.42 Å². The van der Waals surface area contributed by atoms with Crippen molar-refractivity contribution in [1.82, 2.24) is 0 Å². The second-order valence-corrected chi connectivity index (χ2v) is 12.2. The van der Waals surface area contributed by atoms with Gasteiger partial charge in [0.15, 0.2) is 0 Å². The van der Waals surface area contributed by atoms with Gasteiger partial charge in [-0.25, -0.2) is 0 Å². The molecule has 0 N–H and O–H groups in total. The Hall–Kier alpha value is -4.42. The summed E-state index contributed by atoms with van der Waals surface area (Å²) >= 11 is 0. The van der Waals surface area contributed by atoms with Gasteiger partial charge in [0.2, 0.25) is 0 Å². The number of benzene rings is 6. The SMILES string of the molecule is C1=C(c2ccc(C3=CC(c4c5ccccc5c(-c5ccc6ccccc6c5)c5ccccc45)CCC3)cc2)CCCC1. The molecule has 0 spiro atoms. The number of hydrogen-bond acceptors (Lipinski definition) is 0. The molecule has 0 aliphatic heterocycles. The van der Waals surface area contributed by atoms with E-state index in [1.165, 1.54) is 110 Å². The highest BCUT2D eigenvalue weighted by molar-refractivity contribution is 6.16. The molecule has 0 aromatic heterocycles. The van der Waals surface area contributed by atoms with Gasteiger partial charge in [-0.3, -0.25) is 0 Å². The lowest BCUT2D eigenvalue weighted by Gasteiger charge is -2.26. The van der Waals surface area contributed by atoms with Crippen LogP contribution in [0.15, 0.2) is 127 Å². The third kappa shape index (κ3) is 4.47. The molecule has 0 heterocycles. The van der Waals surface area contributed by atoms with Crippen LogP contribution in [0.3, 0.4) is 0 Å². The first-order valence-electron chi connectivity index (χ1n) is 15.8. The summed E-state index contributed by atoms with van der Waals surface area (Å²) in [6, 6.07) is 43.3. The summed E-state index contributed by atoms with van der Waals surface area (Å²) < 4.78 is 0. The quantitative estimate of drug-likeness (QED) is 0.195. The highest BCUT2D eigenvalue weighted by Crippen LogP contribution is 2.46. The van der Waals surface area contributed by atoms with Gasteiger partial charge in [-0.1, -0.05) is 121 Å². The molecule has 1 atom stereocenters. The van der Waals surface area contributed by atoms with Crippen molar-refractivity contribution >= 4 is 43.5 Å². The molecule has 6 aromatic carbocycles. The van der Waals surface area contributed by atoms with Gasteiger partial charge in [0.1, 0.15) is 0 Å². The van der Waals surface area contributed by atoms with E-state index in [1.54, 1.807) is 0 Å². The summed E-state index contributed by atoms with van der Waals surface area (Å²) in [5.74, 6) is 0.398. The standard InChI is InChI=1S/C42H36/c1-2-11-29(12-3-1)31-21-23-32(24-22-31)34-15-10-16-35(27-34)41-37-17-6-8-19-39(37)42(40-20-9-7-18-38(40)41)36-26-25-30-13-4-5-14-33(30)28-36/h4-9,11,13-14,17-28,35H,1-3,10,12,15-16H2. The van der Waals surface area contributed by atoms with E-state index < -0.39 is 0 Å². The number of allylic oxidation sites excluding steroid dienone is 4. The minimum atomic E-state index is 0.398. The Morgan fingerprint density at radius 2 is 1.07 bits per heavy atom. The molecule has 8 rings (SSSR count). The van der Waals surface area contributed by atoms with Gasteiger partial charge in [0, 0.05) is 5.92 Å². The Labute approximate surface area is 249 Å². The molecule has 2 aliphatic rings. The first kappa shape index (κ1) is 25.3. The Bertz CT molecular complexity index is 1940. The molecule has 0 heteroatoms. The van der Waals surface area contributed by atoms with Gasteiger partial charge in [-0.05, 0) is 122 Å². The lowest BCUT2D eigenvalue weighted by atomic mass is 9.78. The fraction of sp³-hybridized carbons (Fsp3) is 0.190. The van der Waals surface area contributed by atoms with E-state index in [-0.39, 0.29) is 0 Å². The highest BCUT2D eigenvalue weighted by atomic mass is 14.3. The van der Waals surface area contributed by atoms with E-state index in [9.17, 15) is 0 Å². The van der Waals surface area contributed by atoms with Crippen LogP contribution < -0.4 is 0 Å². The van der Waals surface area contributed by atoms with Crippen LogP contribution in [0.5, 0.6) is 0 Å². The smallest absolute Gasteiger partial charge is 0.00364 e. The van der Waals surface area contributed by atoms with Crippen LogP contribution in [0.1, 0.15) is 67.6 Å². The van der Waals surface area contributed by atoms with Crippen molar-refractivity contribution in [2.24, 2.45) is 0 Å². The molecule has 6 aromatic rings. The largest absolute Gasteiger partial charge is 0.0807 e. The van der Waals surface area contributed by atoms with Crippen molar-refractivity contribution < 1.29 is 0 Å². The molecule has 0 radical (unpaired) electrons. The van der Waals surface area contributed by atoms with Crippen molar-refractivity contribution in [1.29, 1.82) is 0 Å².